The molecule has 0 spiro atoms. The Hall–Kier alpha value is -1.09. The summed E-state index contributed by atoms with van der Waals surface area (Å²) in [5, 5.41) is 11.4. The first-order valence-corrected chi connectivity index (χ1v) is 6.36. The first-order valence-electron chi connectivity index (χ1n) is 5.61. The average Bonchev–Trinajstić information content (AvgIpc) is 2.34. The van der Waals surface area contributed by atoms with E-state index in [2.05, 4.69) is 4.98 Å². The summed E-state index contributed by atoms with van der Waals surface area (Å²) in [6, 6.07) is 8.98. The Bertz CT molecular complexity index is 557. The largest absolute Gasteiger partial charge is 0.386 e. The van der Waals surface area contributed by atoms with Gasteiger partial charge >= 0.3 is 0 Å². The number of hydrogen-bond donors (Lipinski definition) is 1. The Morgan fingerprint density at radius 2 is 2.00 bits per heavy atom. The number of aromatic nitrogens is 1. The third-order valence-electron chi connectivity index (χ3n) is 2.70. The van der Waals surface area contributed by atoms with Crippen molar-refractivity contribution < 1.29 is 5.11 Å². The molecule has 1 N–H and O–H groups in total. The van der Waals surface area contributed by atoms with E-state index in [1.807, 2.05) is 19.1 Å². The summed E-state index contributed by atoms with van der Waals surface area (Å²) in [7, 11) is 0. The van der Waals surface area contributed by atoms with Gasteiger partial charge in [0, 0.05) is 22.7 Å². The summed E-state index contributed by atoms with van der Waals surface area (Å²) in [6.45, 7) is 1.96. The molecule has 0 fully saturated rings. The molecule has 1 atom stereocenters. The molecule has 2 rings (SSSR count). The Morgan fingerprint density at radius 1 is 1.22 bits per heavy atom. The van der Waals surface area contributed by atoms with E-state index in [-0.39, 0.29) is 0 Å². The molecule has 0 aliphatic rings. The lowest BCUT2D eigenvalue weighted by molar-refractivity contribution is 0.173. The van der Waals surface area contributed by atoms with E-state index in [0.717, 1.165) is 11.1 Å². The smallest absolute Gasteiger partial charge is 0.100 e. The summed E-state index contributed by atoms with van der Waals surface area (Å²) in [4.78, 5) is 4.16. The van der Waals surface area contributed by atoms with Gasteiger partial charge < -0.3 is 5.11 Å². The number of nitrogens with zero attached hydrogens (tertiary/aromatic N) is 1. The number of aliphatic hydroxyl groups excluding tert-OH is 1. The molecule has 1 heterocycles. The van der Waals surface area contributed by atoms with Crippen LogP contribution in [0, 0.1) is 6.92 Å². The maximum atomic E-state index is 10.1. The Labute approximate surface area is 116 Å². The van der Waals surface area contributed by atoms with Crippen molar-refractivity contribution in [1.82, 2.24) is 4.98 Å². The van der Waals surface area contributed by atoms with Crippen LogP contribution in [0.3, 0.4) is 0 Å². The molecule has 18 heavy (non-hydrogen) atoms. The molecule has 1 aromatic heterocycles. The molecule has 1 aromatic carbocycles. The molecule has 0 aliphatic heterocycles. The standard InChI is InChI=1S/C14H13Cl2NO/c1-9-4-5-17-13(6-9)14(18)8-10-7-11(15)2-3-12(10)16/h2-7,14,18H,8H2,1H3. The van der Waals surface area contributed by atoms with Crippen molar-refractivity contribution in [3.05, 3.63) is 63.4 Å². The molecule has 0 saturated heterocycles. The van der Waals surface area contributed by atoms with E-state index in [0.29, 0.717) is 22.2 Å². The van der Waals surface area contributed by atoms with Crippen molar-refractivity contribution in [3.63, 3.8) is 0 Å². The highest BCUT2D eigenvalue weighted by Gasteiger charge is 2.12. The molecular formula is C14H13Cl2NO. The van der Waals surface area contributed by atoms with Crippen molar-refractivity contribution in [3.8, 4) is 0 Å². The van der Waals surface area contributed by atoms with Crippen LogP contribution in [0.2, 0.25) is 10.0 Å². The number of aliphatic hydroxyl groups is 1. The maximum Gasteiger partial charge on any atom is 0.100 e. The molecule has 2 nitrogen and oxygen atoms in total. The quantitative estimate of drug-likeness (QED) is 0.923. The lowest BCUT2D eigenvalue weighted by Crippen LogP contribution is -2.04. The molecular weight excluding hydrogens is 269 g/mol. The molecule has 4 heteroatoms. The third-order valence-corrected chi connectivity index (χ3v) is 3.30. The van der Waals surface area contributed by atoms with Crippen LogP contribution in [0.25, 0.3) is 0 Å². The fourth-order valence-electron chi connectivity index (χ4n) is 1.75. The number of pyridine rings is 1. The average molecular weight is 282 g/mol. The van der Waals surface area contributed by atoms with Gasteiger partial charge in [0.15, 0.2) is 0 Å². The third kappa shape index (κ3) is 3.22. The minimum atomic E-state index is -0.680. The SMILES string of the molecule is Cc1ccnc(C(O)Cc2cc(Cl)ccc2Cl)c1. The predicted molar refractivity (Wildman–Crippen MR) is 74.1 cm³/mol. The van der Waals surface area contributed by atoms with Crippen LogP contribution in [0.5, 0.6) is 0 Å². The minimum Gasteiger partial charge on any atom is -0.386 e. The van der Waals surface area contributed by atoms with Gasteiger partial charge in [0.25, 0.3) is 0 Å². The van der Waals surface area contributed by atoms with Crippen molar-refractivity contribution in [2.45, 2.75) is 19.4 Å². The molecule has 0 aliphatic carbocycles. The summed E-state index contributed by atoms with van der Waals surface area (Å²) in [5.74, 6) is 0. The lowest BCUT2D eigenvalue weighted by atomic mass is 10.0. The van der Waals surface area contributed by atoms with Crippen LogP contribution < -0.4 is 0 Å². The molecule has 0 bridgehead atoms. The topological polar surface area (TPSA) is 33.1 Å². The van der Waals surface area contributed by atoms with Gasteiger partial charge in [-0.2, -0.15) is 0 Å². The Balaban J connectivity index is 2.21. The van der Waals surface area contributed by atoms with Gasteiger partial charge in [-0.1, -0.05) is 23.2 Å². The highest BCUT2D eigenvalue weighted by Crippen LogP contribution is 2.25. The number of benzene rings is 1. The zero-order chi connectivity index (χ0) is 13.1. The van der Waals surface area contributed by atoms with Crippen molar-refractivity contribution in [1.29, 1.82) is 0 Å². The summed E-state index contributed by atoms with van der Waals surface area (Å²) in [6.07, 6.45) is 1.41. The first-order chi connectivity index (χ1) is 8.56. The van der Waals surface area contributed by atoms with E-state index in [1.165, 1.54) is 0 Å². The second-order valence-corrected chi connectivity index (χ2v) is 5.06. The summed E-state index contributed by atoms with van der Waals surface area (Å²) in [5.41, 5.74) is 2.53. The lowest BCUT2D eigenvalue weighted by Gasteiger charge is -2.12. The van der Waals surface area contributed by atoms with E-state index < -0.39 is 6.10 Å². The molecule has 2 aromatic rings. The van der Waals surface area contributed by atoms with Crippen molar-refractivity contribution >= 4 is 23.2 Å². The highest BCUT2D eigenvalue weighted by molar-refractivity contribution is 6.33. The van der Waals surface area contributed by atoms with E-state index in [4.69, 9.17) is 23.2 Å². The van der Waals surface area contributed by atoms with Gasteiger partial charge in [0.05, 0.1) is 5.69 Å². The Kier molecular flexibility index (Phi) is 4.23. The van der Waals surface area contributed by atoms with Crippen LogP contribution in [0.4, 0.5) is 0 Å². The molecule has 94 valence electrons. The van der Waals surface area contributed by atoms with Crippen LogP contribution in [-0.2, 0) is 6.42 Å². The molecule has 0 amide bonds. The van der Waals surface area contributed by atoms with Crippen LogP contribution in [-0.4, -0.2) is 10.1 Å². The maximum absolute atomic E-state index is 10.1. The number of rotatable bonds is 3. The molecule has 0 radical (unpaired) electrons. The first kappa shape index (κ1) is 13.3. The van der Waals surface area contributed by atoms with Gasteiger partial charge in [-0.3, -0.25) is 4.98 Å². The number of halogens is 2. The zero-order valence-electron chi connectivity index (χ0n) is 9.90. The van der Waals surface area contributed by atoms with Crippen molar-refractivity contribution in [2.24, 2.45) is 0 Å². The van der Waals surface area contributed by atoms with Crippen LogP contribution >= 0.6 is 23.2 Å². The normalized spacial score (nSPS) is 12.4. The monoisotopic (exact) mass is 281 g/mol. The van der Waals surface area contributed by atoms with Gasteiger partial charge in [0.2, 0.25) is 0 Å². The second kappa shape index (κ2) is 5.70. The zero-order valence-corrected chi connectivity index (χ0v) is 11.4. The summed E-state index contributed by atoms with van der Waals surface area (Å²) < 4.78 is 0. The molecule has 0 saturated carbocycles. The minimum absolute atomic E-state index is 0.399. The predicted octanol–water partition coefficient (Wildman–Crippen LogP) is 3.97. The van der Waals surface area contributed by atoms with E-state index in [1.54, 1.807) is 24.4 Å². The van der Waals surface area contributed by atoms with E-state index in [9.17, 15) is 5.11 Å². The van der Waals surface area contributed by atoms with Gasteiger partial charge in [-0.05, 0) is 48.4 Å². The number of hydrogen-bond acceptors (Lipinski definition) is 2. The summed E-state index contributed by atoms with van der Waals surface area (Å²) >= 11 is 12.0. The molecule has 1 unspecified atom stereocenters. The van der Waals surface area contributed by atoms with Crippen LogP contribution in [0.1, 0.15) is 22.9 Å². The van der Waals surface area contributed by atoms with Gasteiger partial charge in [-0.15, -0.1) is 0 Å². The second-order valence-electron chi connectivity index (χ2n) is 4.21. The highest BCUT2D eigenvalue weighted by atomic mass is 35.5. The van der Waals surface area contributed by atoms with E-state index >= 15 is 0 Å². The van der Waals surface area contributed by atoms with Gasteiger partial charge in [0.1, 0.15) is 6.10 Å². The van der Waals surface area contributed by atoms with Crippen molar-refractivity contribution in [2.75, 3.05) is 0 Å². The fraction of sp³-hybridized carbons (Fsp3) is 0.214. The van der Waals surface area contributed by atoms with Gasteiger partial charge in [-0.25, -0.2) is 0 Å². The Morgan fingerprint density at radius 3 is 2.72 bits per heavy atom. The fourth-order valence-corrected chi connectivity index (χ4v) is 2.14. The number of aryl methyl sites for hydroxylation is 1. The van der Waals surface area contributed by atoms with Crippen LogP contribution in [0.15, 0.2) is 36.5 Å².